The van der Waals surface area contributed by atoms with Crippen LogP contribution in [0.4, 0.5) is 5.69 Å². The smallest absolute Gasteiger partial charge is 0.255 e. The van der Waals surface area contributed by atoms with Crippen molar-refractivity contribution in [2.24, 2.45) is 0 Å². The number of anilines is 1. The average Bonchev–Trinajstić information content (AvgIpc) is 2.78. The number of amides is 2. The summed E-state index contributed by atoms with van der Waals surface area (Å²) in [4.78, 5) is 32.9. The van der Waals surface area contributed by atoms with Crippen molar-refractivity contribution in [3.63, 3.8) is 0 Å². The number of nitrogens with zero attached hydrogens (tertiary/aromatic N) is 2. The van der Waals surface area contributed by atoms with Gasteiger partial charge in [-0.05, 0) is 54.1 Å². The van der Waals surface area contributed by atoms with Crippen molar-refractivity contribution in [3.8, 4) is 0 Å². The number of pyridine rings is 2. The van der Waals surface area contributed by atoms with Crippen LogP contribution in [0.25, 0.3) is 10.9 Å². The minimum absolute atomic E-state index is 0.165. The van der Waals surface area contributed by atoms with Gasteiger partial charge in [-0.15, -0.1) is 0 Å². The van der Waals surface area contributed by atoms with Crippen molar-refractivity contribution in [1.29, 1.82) is 0 Å². The molecule has 2 amide bonds. The van der Waals surface area contributed by atoms with Crippen LogP contribution in [0.2, 0.25) is 0 Å². The minimum atomic E-state index is -0.210. The second kappa shape index (κ2) is 8.31. The summed E-state index contributed by atoms with van der Waals surface area (Å²) in [5.41, 5.74) is 3.50. The van der Waals surface area contributed by atoms with Crippen molar-refractivity contribution in [1.82, 2.24) is 15.3 Å². The molecule has 0 bridgehead atoms. The number of rotatable bonds is 5. The van der Waals surface area contributed by atoms with Gasteiger partial charge in [0.1, 0.15) is 0 Å². The minimum Gasteiger partial charge on any atom is -0.348 e. The third-order valence-electron chi connectivity index (χ3n) is 4.45. The zero-order chi connectivity index (χ0) is 20.1. The lowest BCUT2D eigenvalue weighted by atomic mass is 10.1. The number of hydrogen-bond donors (Lipinski definition) is 2. The fourth-order valence-corrected chi connectivity index (χ4v) is 2.97. The molecule has 0 spiro atoms. The third kappa shape index (κ3) is 4.44. The molecule has 0 fully saturated rings. The first-order valence-corrected chi connectivity index (χ1v) is 9.12. The topological polar surface area (TPSA) is 84.0 Å². The summed E-state index contributed by atoms with van der Waals surface area (Å²) in [6.45, 7) is 0.350. The van der Waals surface area contributed by atoms with Crippen LogP contribution in [0.15, 0.2) is 85.3 Å². The average molecular weight is 382 g/mol. The molecule has 0 aliphatic heterocycles. The van der Waals surface area contributed by atoms with Crippen molar-refractivity contribution in [2.75, 3.05) is 5.32 Å². The van der Waals surface area contributed by atoms with E-state index in [-0.39, 0.29) is 11.8 Å². The maximum atomic E-state index is 12.5. The first-order valence-electron chi connectivity index (χ1n) is 9.12. The first-order chi connectivity index (χ1) is 14.2. The van der Waals surface area contributed by atoms with Crippen molar-refractivity contribution < 1.29 is 9.59 Å². The van der Waals surface area contributed by atoms with E-state index in [4.69, 9.17) is 0 Å². The maximum absolute atomic E-state index is 12.5. The molecule has 0 saturated carbocycles. The van der Waals surface area contributed by atoms with Gasteiger partial charge >= 0.3 is 0 Å². The highest BCUT2D eigenvalue weighted by molar-refractivity contribution is 6.04. The molecule has 0 aliphatic carbocycles. The normalized spacial score (nSPS) is 10.5. The van der Waals surface area contributed by atoms with Crippen molar-refractivity contribution in [2.45, 2.75) is 6.54 Å². The molecule has 6 heteroatoms. The van der Waals surface area contributed by atoms with Gasteiger partial charge in [-0.25, -0.2) is 0 Å². The molecule has 4 rings (SSSR count). The van der Waals surface area contributed by atoms with Gasteiger partial charge in [-0.1, -0.05) is 18.2 Å². The zero-order valence-corrected chi connectivity index (χ0v) is 15.5. The van der Waals surface area contributed by atoms with Gasteiger partial charge in [0.05, 0.1) is 5.52 Å². The Morgan fingerprint density at radius 1 is 0.793 bits per heavy atom. The first kappa shape index (κ1) is 18.3. The van der Waals surface area contributed by atoms with Crippen LogP contribution < -0.4 is 10.6 Å². The summed E-state index contributed by atoms with van der Waals surface area (Å²) in [5.74, 6) is -0.375. The summed E-state index contributed by atoms with van der Waals surface area (Å²) in [6, 6.07) is 19.9. The predicted molar refractivity (Wildman–Crippen MR) is 112 cm³/mol. The Hall–Kier alpha value is -4.06. The molecule has 0 saturated heterocycles. The van der Waals surface area contributed by atoms with Crippen LogP contribution in [-0.2, 0) is 6.54 Å². The highest BCUT2D eigenvalue weighted by Crippen LogP contribution is 2.15. The molecular weight excluding hydrogens is 364 g/mol. The van der Waals surface area contributed by atoms with Crippen LogP contribution in [0.5, 0.6) is 0 Å². The van der Waals surface area contributed by atoms with Crippen molar-refractivity contribution >= 4 is 28.4 Å². The number of carbonyl (C=O) groups excluding carboxylic acids is 2. The Morgan fingerprint density at radius 2 is 1.66 bits per heavy atom. The Morgan fingerprint density at radius 3 is 2.52 bits per heavy atom. The molecule has 0 aliphatic rings. The lowest BCUT2D eigenvalue weighted by Crippen LogP contribution is -2.22. The Balaban J connectivity index is 1.41. The molecule has 0 unspecified atom stereocenters. The van der Waals surface area contributed by atoms with E-state index >= 15 is 0 Å². The van der Waals surface area contributed by atoms with Gasteiger partial charge in [0.2, 0.25) is 0 Å². The molecule has 0 atom stereocenters. The summed E-state index contributed by atoms with van der Waals surface area (Å²) in [7, 11) is 0. The second-order valence-corrected chi connectivity index (χ2v) is 6.48. The number of benzene rings is 2. The molecule has 142 valence electrons. The molecule has 29 heavy (non-hydrogen) atoms. The van der Waals surface area contributed by atoms with Gasteiger partial charge in [0.15, 0.2) is 0 Å². The van der Waals surface area contributed by atoms with Gasteiger partial charge in [0, 0.05) is 47.3 Å². The van der Waals surface area contributed by atoms with Crippen molar-refractivity contribution in [3.05, 3.63) is 102 Å². The van der Waals surface area contributed by atoms with E-state index < -0.39 is 0 Å². The number of fused-ring (bicyclic) bond motifs is 1. The Labute approximate surface area is 167 Å². The summed E-state index contributed by atoms with van der Waals surface area (Å²) >= 11 is 0. The lowest BCUT2D eigenvalue weighted by molar-refractivity contribution is 0.0950. The Bertz CT molecular complexity index is 1180. The van der Waals surface area contributed by atoms with E-state index in [1.165, 1.54) is 0 Å². The van der Waals surface area contributed by atoms with Gasteiger partial charge < -0.3 is 10.6 Å². The standard InChI is InChI=1S/C23H18N4O2/c28-22(19-6-7-21-18(14-19)4-2-10-25-21)26-15-16-3-1-5-20(13-16)27-23(29)17-8-11-24-12-9-17/h1-14H,15H2,(H,26,28)(H,27,29). The van der Waals surface area contributed by atoms with E-state index in [0.717, 1.165) is 16.5 Å². The fourth-order valence-electron chi connectivity index (χ4n) is 2.97. The van der Waals surface area contributed by atoms with Crippen LogP contribution in [0, 0.1) is 0 Å². The number of nitrogens with one attached hydrogen (secondary N) is 2. The van der Waals surface area contributed by atoms with E-state index in [0.29, 0.717) is 23.4 Å². The molecule has 2 aromatic carbocycles. The predicted octanol–water partition coefficient (Wildman–Crippen LogP) is 3.81. The SMILES string of the molecule is O=C(NCc1cccc(NC(=O)c2ccncc2)c1)c1ccc2ncccc2c1. The molecule has 2 N–H and O–H groups in total. The van der Waals surface area contributed by atoms with Crippen LogP contribution in [0.3, 0.4) is 0 Å². The van der Waals surface area contributed by atoms with Crippen LogP contribution in [-0.4, -0.2) is 21.8 Å². The molecule has 2 heterocycles. The molecule has 4 aromatic rings. The van der Waals surface area contributed by atoms with E-state index in [2.05, 4.69) is 20.6 Å². The van der Waals surface area contributed by atoms with E-state index in [9.17, 15) is 9.59 Å². The van der Waals surface area contributed by atoms with E-state index in [1.807, 2.05) is 42.5 Å². The van der Waals surface area contributed by atoms with Gasteiger partial charge in [-0.2, -0.15) is 0 Å². The molecule has 2 aromatic heterocycles. The molecular formula is C23H18N4O2. The van der Waals surface area contributed by atoms with Gasteiger partial charge in [0.25, 0.3) is 11.8 Å². The molecule has 6 nitrogen and oxygen atoms in total. The summed E-state index contributed by atoms with van der Waals surface area (Å²) < 4.78 is 0. The maximum Gasteiger partial charge on any atom is 0.255 e. The second-order valence-electron chi connectivity index (χ2n) is 6.48. The fraction of sp³-hybridized carbons (Fsp3) is 0.0435. The lowest BCUT2D eigenvalue weighted by Gasteiger charge is -2.09. The highest BCUT2D eigenvalue weighted by atomic mass is 16.2. The zero-order valence-electron chi connectivity index (χ0n) is 15.5. The number of hydrogen-bond acceptors (Lipinski definition) is 4. The Kier molecular flexibility index (Phi) is 5.25. The van der Waals surface area contributed by atoms with Crippen LogP contribution >= 0.6 is 0 Å². The summed E-state index contributed by atoms with van der Waals surface area (Å²) in [5, 5.41) is 6.68. The monoisotopic (exact) mass is 382 g/mol. The van der Waals surface area contributed by atoms with Crippen LogP contribution in [0.1, 0.15) is 26.3 Å². The molecule has 0 radical (unpaired) electrons. The van der Waals surface area contributed by atoms with E-state index in [1.54, 1.807) is 42.9 Å². The third-order valence-corrected chi connectivity index (χ3v) is 4.45. The largest absolute Gasteiger partial charge is 0.348 e. The number of aromatic nitrogens is 2. The highest BCUT2D eigenvalue weighted by Gasteiger charge is 2.08. The summed E-state index contributed by atoms with van der Waals surface area (Å²) in [6.07, 6.45) is 4.87. The number of carbonyl (C=O) groups is 2. The van der Waals surface area contributed by atoms with Gasteiger partial charge in [-0.3, -0.25) is 19.6 Å². The quantitative estimate of drug-likeness (QED) is 0.550.